The van der Waals surface area contributed by atoms with Gasteiger partial charge in [-0.15, -0.1) is 11.3 Å². The van der Waals surface area contributed by atoms with E-state index >= 15 is 0 Å². The molecule has 0 spiro atoms. The van der Waals surface area contributed by atoms with Crippen LogP contribution in [0.2, 0.25) is 0 Å². The van der Waals surface area contributed by atoms with E-state index in [1.807, 2.05) is 19.9 Å². The molecule has 158 valence electrons. The summed E-state index contributed by atoms with van der Waals surface area (Å²) in [5.41, 5.74) is 2.13. The summed E-state index contributed by atoms with van der Waals surface area (Å²) in [6, 6.07) is 3.56. The number of hydrogen-bond donors (Lipinski definition) is 1. The van der Waals surface area contributed by atoms with E-state index in [4.69, 9.17) is 14.5 Å². The van der Waals surface area contributed by atoms with Crippen LogP contribution >= 0.6 is 11.3 Å². The van der Waals surface area contributed by atoms with Gasteiger partial charge in [0.25, 0.3) is 11.5 Å². The van der Waals surface area contributed by atoms with Crippen LogP contribution in [0.1, 0.15) is 45.9 Å². The highest BCUT2D eigenvalue weighted by atomic mass is 32.1. The van der Waals surface area contributed by atoms with Gasteiger partial charge in [0.05, 0.1) is 24.5 Å². The number of amides is 1. The van der Waals surface area contributed by atoms with Crippen LogP contribution in [0.3, 0.4) is 0 Å². The van der Waals surface area contributed by atoms with Gasteiger partial charge in [-0.1, -0.05) is 6.42 Å². The Bertz CT molecular complexity index is 1200. The fourth-order valence-electron chi connectivity index (χ4n) is 3.92. The molecule has 3 aromatic rings. The molecule has 7 nitrogen and oxygen atoms in total. The van der Waals surface area contributed by atoms with Crippen molar-refractivity contribution in [1.82, 2.24) is 9.55 Å². The van der Waals surface area contributed by atoms with Crippen molar-refractivity contribution in [1.29, 1.82) is 0 Å². The van der Waals surface area contributed by atoms with Crippen molar-refractivity contribution in [2.45, 2.75) is 46.1 Å². The van der Waals surface area contributed by atoms with Crippen LogP contribution in [-0.2, 0) is 13.0 Å². The number of thiophene rings is 1. The minimum absolute atomic E-state index is 0.0352. The molecule has 0 fully saturated rings. The van der Waals surface area contributed by atoms with E-state index in [1.165, 1.54) is 11.3 Å². The molecule has 30 heavy (non-hydrogen) atoms. The first-order valence-corrected chi connectivity index (χ1v) is 10.8. The third-order valence-corrected chi connectivity index (χ3v) is 6.78. The number of hydrogen-bond acceptors (Lipinski definition) is 6. The number of methoxy groups -OCH3 is 2. The van der Waals surface area contributed by atoms with Crippen LogP contribution in [0.5, 0.6) is 11.5 Å². The first-order chi connectivity index (χ1) is 14.4. The fraction of sp³-hybridized carbons (Fsp3) is 0.409. The summed E-state index contributed by atoms with van der Waals surface area (Å²) < 4.78 is 12.4. The zero-order valence-electron chi connectivity index (χ0n) is 17.6. The summed E-state index contributed by atoms with van der Waals surface area (Å²) in [5, 5.41) is 3.51. The molecule has 2 aromatic heterocycles. The molecule has 1 aliphatic heterocycles. The van der Waals surface area contributed by atoms with Crippen LogP contribution in [-0.4, -0.2) is 29.7 Å². The zero-order chi connectivity index (χ0) is 21.4. The Kier molecular flexibility index (Phi) is 5.51. The Morgan fingerprint density at radius 1 is 1.13 bits per heavy atom. The van der Waals surface area contributed by atoms with Crippen molar-refractivity contribution >= 4 is 33.1 Å². The SMILES string of the molecule is COc1cc(C)c(NC(=O)c2sc3nc4n(c(=O)c3c2C)CCCCC4)cc1OC. The molecular weight excluding hydrogens is 402 g/mol. The summed E-state index contributed by atoms with van der Waals surface area (Å²) in [6.45, 7) is 4.40. The molecule has 0 aliphatic carbocycles. The number of fused-ring (bicyclic) bond motifs is 2. The summed E-state index contributed by atoms with van der Waals surface area (Å²) in [4.78, 5) is 32.1. The van der Waals surface area contributed by atoms with Crippen LogP contribution in [0, 0.1) is 13.8 Å². The normalized spacial score (nSPS) is 13.6. The van der Waals surface area contributed by atoms with Gasteiger partial charge in [0.1, 0.15) is 10.7 Å². The number of nitrogens with one attached hydrogen (secondary N) is 1. The Labute approximate surface area is 178 Å². The summed E-state index contributed by atoms with van der Waals surface area (Å²) in [5.74, 6) is 1.71. The molecule has 1 N–H and O–H groups in total. The Balaban J connectivity index is 1.74. The van der Waals surface area contributed by atoms with E-state index in [0.29, 0.717) is 44.4 Å². The van der Waals surface area contributed by atoms with E-state index in [2.05, 4.69) is 5.32 Å². The van der Waals surface area contributed by atoms with Crippen LogP contribution < -0.4 is 20.3 Å². The second-order valence-corrected chi connectivity index (χ2v) is 8.51. The Morgan fingerprint density at radius 3 is 2.60 bits per heavy atom. The van der Waals surface area contributed by atoms with Crippen molar-refractivity contribution in [3.8, 4) is 11.5 Å². The van der Waals surface area contributed by atoms with Crippen molar-refractivity contribution in [3.63, 3.8) is 0 Å². The summed E-state index contributed by atoms with van der Waals surface area (Å²) >= 11 is 1.28. The smallest absolute Gasteiger partial charge is 0.266 e. The van der Waals surface area contributed by atoms with Gasteiger partial charge in [-0.2, -0.15) is 0 Å². The number of carbonyl (C=O) groups excluding carboxylic acids is 1. The summed E-state index contributed by atoms with van der Waals surface area (Å²) in [6.07, 6.45) is 3.92. The Hall–Kier alpha value is -2.87. The zero-order valence-corrected chi connectivity index (χ0v) is 18.4. The molecule has 1 amide bonds. The second-order valence-electron chi connectivity index (χ2n) is 7.51. The Morgan fingerprint density at radius 2 is 1.87 bits per heavy atom. The van der Waals surface area contributed by atoms with Gasteiger partial charge >= 0.3 is 0 Å². The fourth-order valence-corrected chi connectivity index (χ4v) is 5.01. The molecule has 0 bridgehead atoms. The monoisotopic (exact) mass is 427 g/mol. The predicted octanol–water partition coefficient (Wildman–Crippen LogP) is 4.07. The average molecular weight is 428 g/mol. The topological polar surface area (TPSA) is 82.5 Å². The number of anilines is 1. The van der Waals surface area contributed by atoms with Crippen molar-refractivity contribution in [2.24, 2.45) is 0 Å². The minimum Gasteiger partial charge on any atom is -0.493 e. The van der Waals surface area contributed by atoms with E-state index in [-0.39, 0.29) is 11.5 Å². The number of aryl methyl sites for hydroxylation is 3. The van der Waals surface area contributed by atoms with Gasteiger partial charge in [0.2, 0.25) is 0 Å². The van der Waals surface area contributed by atoms with E-state index in [1.54, 1.807) is 24.9 Å². The molecular formula is C22H25N3O4S. The highest BCUT2D eigenvalue weighted by molar-refractivity contribution is 7.20. The maximum atomic E-state index is 13.1. The standard InChI is InChI=1S/C22H25N3O4S/c1-12-10-15(28-3)16(29-4)11-14(12)23-20(26)19-13(2)18-21(30-19)24-17-8-6-5-7-9-25(17)22(18)27/h10-11H,5-9H2,1-4H3,(H,23,26). The largest absolute Gasteiger partial charge is 0.493 e. The second kappa shape index (κ2) is 8.10. The van der Waals surface area contributed by atoms with Gasteiger partial charge in [-0.05, 0) is 43.9 Å². The van der Waals surface area contributed by atoms with Gasteiger partial charge in [-0.3, -0.25) is 14.2 Å². The highest BCUT2D eigenvalue weighted by Gasteiger charge is 2.23. The van der Waals surface area contributed by atoms with Gasteiger partial charge in [-0.25, -0.2) is 4.98 Å². The van der Waals surface area contributed by atoms with Gasteiger partial charge < -0.3 is 14.8 Å². The third kappa shape index (κ3) is 3.45. The van der Waals surface area contributed by atoms with E-state index < -0.39 is 0 Å². The maximum absolute atomic E-state index is 13.1. The molecule has 3 heterocycles. The van der Waals surface area contributed by atoms with Gasteiger partial charge in [0.15, 0.2) is 11.5 Å². The van der Waals surface area contributed by atoms with Crippen molar-refractivity contribution in [3.05, 3.63) is 44.3 Å². The minimum atomic E-state index is -0.259. The van der Waals surface area contributed by atoms with Crippen molar-refractivity contribution in [2.75, 3.05) is 19.5 Å². The molecule has 0 unspecified atom stereocenters. The summed E-state index contributed by atoms with van der Waals surface area (Å²) in [7, 11) is 3.13. The number of benzene rings is 1. The quantitative estimate of drug-likeness (QED) is 0.679. The lowest BCUT2D eigenvalue weighted by Crippen LogP contribution is -2.24. The van der Waals surface area contributed by atoms with E-state index in [9.17, 15) is 9.59 Å². The molecule has 1 aliphatic rings. The van der Waals surface area contributed by atoms with Crippen molar-refractivity contribution < 1.29 is 14.3 Å². The number of nitrogens with zero attached hydrogens (tertiary/aromatic N) is 2. The lowest BCUT2D eigenvalue weighted by Gasteiger charge is -2.13. The number of ether oxygens (including phenoxy) is 2. The lowest BCUT2D eigenvalue weighted by molar-refractivity contribution is 0.103. The number of aromatic nitrogens is 2. The highest BCUT2D eigenvalue weighted by Crippen LogP contribution is 2.34. The molecule has 1 aromatic carbocycles. The number of rotatable bonds is 4. The first-order valence-electron chi connectivity index (χ1n) is 10.0. The molecule has 0 saturated carbocycles. The third-order valence-electron chi connectivity index (χ3n) is 5.60. The first kappa shape index (κ1) is 20.4. The lowest BCUT2D eigenvalue weighted by atomic mass is 10.1. The van der Waals surface area contributed by atoms with E-state index in [0.717, 1.165) is 37.1 Å². The predicted molar refractivity (Wildman–Crippen MR) is 118 cm³/mol. The van der Waals surface area contributed by atoms with Crippen LogP contribution in [0.4, 0.5) is 5.69 Å². The van der Waals surface area contributed by atoms with Gasteiger partial charge in [0, 0.05) is 24.7 Å². The van der Waals surface area contributed by atoms with Crippen LogP contribution in [0.15, 0.2) is 16.9 Å². The molecule has 0 atom stereocenters. The molecule has 8 heteroatoms. The number of carbonyl (C=O) groups is 1. The molecule has 0 radical (unpaired) electrons. The molecule has 4 rings (SSSR count). The molecule has 0 saturated heterocycles. The average Bonchev–Trinajstić information content (AvgIpc) is 2.90. The van der Waals surface area contributed by atoms with Crippen LogP contribution in [0.25, 0.3) is 10.2 Å². The maximum Gasteiger partial charge on any atom is 0.266 e.